The molecule has 0 bridgehead atoms. The zero-order chi connectivity index (χ0) is 44.0. The summed E-state index contributed by atoms with van der Waals surface area (Å²) < 4.78 is 41.0. The lowest BCUT2D eigenvalue weighted by atomic mass is 10.1. The number of carbonyl (C=O) groups is 4. The molecule has 0 amide bonds. The standard InChI is InChI=1S/C23H24O8.C23H24O6/c1-28-21-12-15(6-10-19(21)26)4-8-17(24)14-18(25)9-5-16-7-11-20(27)22(13-16)31-23(29-2)30-3;1-26-20-11-7-16(13-22(20)28-3)5-9-18(24)15-19(25)10-6-17-8-12-21(27-2)23(14-17)29-4/h4-13,23,26-27H,14H2,1-3H3;5-14H,15H2,1-4H3/b8-4+,9-5+;. The zero-order valence-corrected chi connectivity index (χ0v) is 34.3. The third-order valence-electron chi connectivity index (χ3n) is 8.15. The Bertz CT molecular complexity index is 2140. The fourth-order valence-corrected chi connectivity index (χ4v) is 5.07. The van der Waals surface area contributed by atoms with Crippen LogP contribution in [0.3, 0.4) is 0 Å². The first-order chi connectivity index (χ1) is 28.9. The van der Waals surface area contributed by atoms with Crippen LogP contribution in [0.1, 0.15) is 35.1 Å². The average Bonchev–Trinajstić information content (AvgIpc) is 3.26. The van der Waals surface area contributed by atoms with Crippen LogP contribution in [0.25, 0.3) is 24.3 Å². The maximum Gasteiger partial charge on any atom is 0.315 e. The minimum Gasteiger partial charge on any atom is -0.504 e. The van der Waals surface area contributed by atoms with Crippen molar-refractivity contribution >= 4 is 47.4 Å². The Morgan fingerprint density at radius 1 is 0.433 bits per heavy atom. The van der Waals surface area contributed by atoms with Gasteiger partial charge in [-0.2, -0.15) is 0 Å². The first-order valence-corrected chi connectivity index (χ1v) is 18.1. The molecule has 0 unspecified atom stereocenters. The maximum absolute atomic E-state index is 12.1. The molecule has 0 saturated heterocycles. The van der Waals surface area contributed by atoms with E-state index in [1.54, 1.807) is 95.2 Å². The van der Waals surface area contributed by atoms with Gasteiger partial charge in [0.25, 0.3) is 0 Å². The molecular weight excluding hydrogens is 776 g/mol. The first kappa shape index (κ1) is 47.2. The highest BCUT2D eigenvalue weighted by atomic mass is 16.8. The smallest absolute Gasteiger partial charge is 0.315 e. The van der Waals surface area contributed by atoms with E-state index in [-0.39, 0.29) is 59.0 Å². The summed E-state index contributed by atoms with van der Waals surface area (Å²) in [6.45, 7) is -0.996. The lowest BCUT2D eigenvalue weighted by Gasteiger charge is -2.16. The van der Waals surface area contributed by atoms with Crippen molar-refractivity contribution in [3.05, 3.63) is 119 Å². The van der Waals surface area contributed by atoms with Gasteiger partial charge in [0.15, 0.2) is 69.1 Å². The van der Waals surface area contributed by atoms with Gasteiger partial charge in [0, 0.05) is 14.2 Å². The molecule has 60 heavy (non-hydrogen) atoms. The van der Waals surface area contributed by atoms with E-state index in [4.69, 9.17) is 37.9 Å². The Kier molecular flexibility index (Phi) is 19.3. The molecule has 316 valence electrons. The summed E-state index contributed by atoms with van der Waals surface area (Å²) >= 11 is 0. The SMILES string of the molecule is COc1cc(/C=C/C(=O)CC(=O)/C=C/c2ccc(O)c(OC(OC)OC)c2)ccc1O.COc1ccc(C=CC(=O)CC(=O)C=Cc2ccc(OC)c(OC)c2)cc1OC. The number of methoxy groups -OCH3 is 7. The molecule has 0 aromatic heterocycles. The van der Waals surface area contributed by atoms with Gasteiger partial charge in [0.2, 0.25) is 0 Å². The summed E-state index contributed by atoms with van der Waals surface area (Å²) in [4.78, 5) is 48.3. The van der Waals surface area contributed by atoms with Gasteiger partial charge in [-0.3, -0.25) is 19.2 Å². The van der Waals surface area contributed by atoms with Crippen LogP contribution >= 0.6 is 0 Å². The van der Waals surface area contributed by atoms with Crippen molar-refractivity contribution in [1.29, 1.82) is 0 Å². The Morgan fingerprint density at radius 3 is 1.07 bits per heavy atom. The molecule has 0 aliphatic rings. The molecule has 2 N–H and O–H groups in total. The van der Waals surface area contributed by atoms with Crippen molar-refractivity contribution in [1.82, 2.24) is 0 Å². The number of phenolic OH excluding ortho intramolecular Hbond substituents is 2. The summed E-state index contributed by atoms with van der Waals surface area (Å²) in [5.41, 5.74) is 2.76. The van der Waals surface area contributed by atoms with Gasteiger partial charge in [-0.15, -0.1) is 0 Å². The third-order valence-corrected chi connectivity index (χ3v) is 8.15. The highest BCUT2D eigenvalue weighted by Crippen LogP contribution is 2.31. The fraction of sp³-hybridized carbons (Fsp3) is 0.217. The van der Waals surface area contributed by atoms with Crippen molar-refractivity contribution in [2.75, 3.05) is 49.8 Å². The molecule has 14 nitrogen and oxygen atoms in total. The third kappa shape index (κ3) is 15.3. The van der Waals surface area contributed by atoms with Crippen LogP contribution in [0.15, 0.2) is 97.1 Å². The number of ketones is 4. The molecule has 0 fully saturated rings. The molecule has 0 saturated carbocycles. The second kappa shape index (κ2) is 24.6. The van der Waals surface area contributed by atoms with Crippen LogP contribution in [-0.2, 0) is 28.7 Å². The van der Waals surface area contributed by atoms with E-state index in [0.717, 1.165) is 11.1 Å². The van der Waals surface area contributed by atoms with Crippen molar-refractivity contribution in [2.24, 2.45) is 0 Å². The van der Waals surface area contributed by atoms with Gasteiger partial charge >= 0.3 is 6.48 Å². The van der Waals surface area contributed by atoms with Crippen LogP contribution in [-0.4, -0.2) is 89.6 Å². The Balaban J connectivity index is 0.000000321. The molecule has 14 heteroatoms. The van der Waals surface area contributed by atoms with Crippen LogP contribution in [0.4, 0.5) is 0 Å². The Morgan fingerprint density at radius 2 is 0.733 bits per heavy atom. The summed E-state index contributed by atoms with van der Waals surface area (Å²) in [5, 5.41) is 19.5. The van der Waals surface area contributed by atoms with Gasteiger partial charge in [-0.05, 0) is 95.1 Å². The first-order valence-electron chi connectivity index (χ1n) is 18.1. The van der Waals surface area contributed by atoms with Crippen molar-refractivity contribution in [3.63, 3.8) is 0 Å². The lowest BCUT2D eigenvalue weighted by molar-refractivity contribution is -0.219. The Hall–Kier alpha value is -7.16. The highest BCUT2D eigenvalue weighted by molar-refractivity contribution is 6.11. The number of carbonyl (C=O) groups excluding carboxylic acids is 4. The fourth-order valence-electron chi connectivity index (χ4n) is 5.07. The predicted octanol–water partition coefficient (Wildman–Crippen LogP) is 7.29. The molecule has 0 heterocycles. The van der Waals surface area contributed by atoms with E-state index in [1.807, 2.05) is 0 Å². The number of rotatable bonds is 21. The number of phenols is 2. The summed E-state index contributed by atoms with van der Waals surface area (Å²) in [6.07, 6.45) is 11.1. The summed E-state index contributed by atoms with van der Waals surface area (Å²) in [5.74, 6) is 1.27. The van der Waals surface area contributed by atoms with E-state index in [2.05, 4.69) is 0 Å². The van der Waals surface area contributed by atoms with E-state index < -0.39 is 6.48 Å². The highest BCUT2D eigenvalue weighted by Gasteiger charge is 2.12. The van der Waals surface area contributed by atoms with Crippen LogP contribution < -0.4 is 28.4 Å². The second-order valence-corrected chi connectivity index (χ2v) is 12.3. The summed E-state index contributed by atoms with van der Waals surface area (Å²) in [6, 6.07) is 19.7. The maximum atomic E-state index is 12.1. The van der Waals surface area contributed by atoms with Gasteiger partial charge < -0.3 is 48.1 Å². The van der Waals surface area contributed by atoms with Crippen molar-refractivity contribution in [2.45, 2.75) is 19.3 Å². The van der Waals surface area contributed by atoms with E-state index in [1.165, 1.54) is 76.0 Å². The van der Waals surface area contributed by atoms with Gasteiger partial charge in [-0.25, -0.2) is 0 Å². The number of hydrogen-bond donors (Lipinski definition) is 2. The molecule has 4 aromatic rings. The minimum absolute atomic E-state index is 0.00552. The predicted molar refractivity (Wildman–Crippen MR) is 226 cm³/mol. The molecule has 4 rings (SSSR count). The van der Waals surface area contributed by atoms with Gasteiger partial charge in [0.1, 0.15) is 0 Å². The van der Waals surface area contributed by atoms with Crippen LogP contribution in [0.2, 0.25) is 0 Å². The van der Waals surface area contributed by atoms with E-state index in [9.17, 15) is 29.4 Å². The average molecular weight is 825 g/mol. The molecule has 4 aromatic carbocycles. The number of benzene rings is 4. The quantitative estimate of drug-likeness (QED) is 0.0485. The molecule has 0 spiro atoms. The minimum atomic E-state index is -0.996. The molecule has 0 atom stereocenters. The van der Waals surface area contributed by atoms with E-state index >= 15 is 0 Å². The number of ether oxygens (including phenoxy) is 8. The molecule has 0 radical (unpaired) electrons. The largest absolute Gasteiger partial charge is 0.504 e. The van der Waals surface area contributed by atoms with Crippen LogP contribution in [0, 0.1) is 0 Å². The molecule has 0 aliphatic carbocycles. The monoisotopic (exact) mass is 824 g/mol. The number of allylic oxidation sites excluding steroid dienone is 4. The zero-order valence-electron chi connectivity index (χ0n) is 34.3. The Labute approximate surface area is 348 Å². The normalized spacial score (nSPS) is 11.1. The lowest BCUT2D eigenvalue weighted by Crippen LogP contribution is -2.20. The second-order valence-electron chi connectivity index (χ2n) is 12.3. The number of hydrogen-bond acceptors (Lipinski definition) is 14. The van der Waals surface area contributed by atoms with Crippen molar-refractivity contribution < 1.29 is 67.3 Å². The molecule has 0 aliphatic heterocycles. The van der Waals surface area contributed by atoms with E-state index in [0.29, 0.717) is 34.1 Å². The number of aromatic hydroxyl groups is 2. The molecular formula is C46H48O14. The van der Waals surface area contributed by atoms with Crippen LogP contribution in [0.5, 0.6) is 46.0 Å². The van der Waals surface area contributed by atoms with Gasteiger partial charge in [0.05, 0.1) is 48.4 Å². The topological polar surface area (TPSA) is 183 Å². The van der Waals surface area contributed by atoms with Crippen molar-refractivity contribution in [3.8, 4) is 46.0 Å². The summed E-state index contributed by atoms with van der Waals surface area (Å²) in [7, 11) is 10.4. The van der Waals surface area contributed by atoms with Gasteiger partial charge in [-0.1, -0.05) is 48.6 Å².